The average Bonchev–Trinajstić information content (AvgIpc) is 2.38. The zero-order chi connectivity index (χ0) is 14.9. The summed E-state index contributed by atoms with van der Waals surface area (Å²) in [5.74, 6) is -1.69. The van der Waals surface area contributed by atoms with Gasteiger partial charge in [-0.05, 0) is 24.3 Å². The molecule has 2 rings (SSSR count). The summed E-state index contributed by atoms with van der Waals surface area (Å²) in [4.78, 5) is 14.6. The molecule has 0 atom stereocenters. The molecule has 0 aliphatic rings. The molecule has 0 radical (unpaired) electrons. The van der Waals surface area contributed by atoms with E-state index < -0.39 is 11.8 Å². The Morgan fingerprint density at radius 2 is 1.85 bits per heavy atom. The van der Waals surface area contributed by atoms with Crippen LogP contribution in [0.1, 0.15) is 5.69 Å². The van der Waals surface area contributed by atoms with Crippen molar-refractivity contribution in [3.8, 4) is 11.3 Å². The van der Waals surface area contributed by atoms with Crippen molar-refractivity contribution in [1.82, 2.24) is 4.98 Å². The van der Waals surface area contributed by atoms with E-state index in [-0.39, 0.29) is 38.4 Å². The van der Waals surface area contributed by atoms with E-state index >= 15 is 0 Å². The first-order valence-corrected chi connectivity index (χ1v) is 6.54. The van der Waals surface area contributed by atoms with E-state index in [2.05, 4.69) is 4.98 Å². The molecule has 1 aromatic carbocycles. The summed E-state index contributed by atoms with van der Waals surface area (Å²) in [6, 6.07) is 5.39. The lowest BCUT2D eigenvalue weighted by atomic mass is 10.1. The van der Waals surface area contributed by atoms with Crippen LogP contribution in [-0.2, 0) is 11.2 Å². The molecule has 0 amide bonds. The van der Waals surface area contributed by atoms with Crippen LogP contribution in [0.5, 0.6) is 0 Å². The van der Waals surface area contributed by atoms with Crippen LogP contribution in [0.2, 0.25) is 15.1 Å². The highest BCUT2D eigenvalue weighted by Crippen LogP contribution is 2.38. The van der Waals surface area contributed by atoms with E-state index in [0.717, 1.165) is 6.07 Å². The van der Waals surface area contributed by atoms with Crippen LogP contribution in [-0.4, -0.2) is 16.1 Å². The Balaban J connectivity index is 2.57. The van der Waals surface area contributed by atoms with Gasteiger partial charge in [0, 0.05) is 5.56 Å². The zero-order valence-corrected chi connectivity index (χ0v) is 12.1. The minimum Gasteiger partial charge on any atom is -0.481 e. The molecule has 0 saturated heterocycles. The van der Waals surface area contributed by atoms with Crippen LogP contribution < -0.4 is 0 Å². The molecule has 7 heteroatoms. The fraction of sp³-hybridized carbons (Fsp3) is 0.0769. The molecular formula is C13H7Cl3FNO2. The third kappa shape index (κ3) is 3.03. The van der Waals surface area contributed by atoms with Gasteiger partial charge >= 0.3 is 5.97 Å². The van der Waals surface area contributed by atoms with Gasteiger partial charge < -0.3 is 5.11 Å². The summed E-state index contributed by atoms with van der Waals surface area (Å²) >= 11 is 17.7. The number of halogens is 4. The van der Waals surface area contributed by atoms with Crippen molar-refractivity contribution in [3.63, 3.8) is 0 Å². The van der Waals surface area contributed by atoms with Crippen molar-refractivity contribution in [2.75, 3.05) is 0 Å². The van der Waals surface area contributed by atoms with Gasteiger partial charge in [0.25, 0.3) is 0 Å². The Hall–Kier alpha value is -1.36. The molecule has 1 heterocycles. The normalized spacial score (nSPS) is 10.6. The summed E-state index contributed by atoms with van der Waals surface area (Å²) in [5, 5.41) is 9.13. The van der Waals surface area contributed by atoms with Gasteiger partial charge in [-0.25, -0.2) is 9.37 Å². The average molecular weight is 335 g/mol. The number of hydrogen-bond donors (Lipinski definition) is 1. The Morgan fingerprint density at radius 3 is 2.50 bits per heavy atom. The molecule has 0 aliphatic carbocycles. The van der Waals surface area contributed by atoms with E-state index in [9.17, 15) is 9.18 Å². The number of aliphatic carboxylic acids is 1. The van der Waals surface area contributed by atoms with Gasteiger partial charge in [-0.2, -0.15) is 0 Å². The minimum absolute atomic E-state index is 0.0627. The van der Waals surface area contributed by atoms with Gasteiger partial charge in [0.1, 0.15) is 11.5 Å². The highest BCUT2D eigenvalue weighted by atomic mass is 35.5. The van der Waals surface area contributed by atoms with Crippen LogP contribution in [0, 0.1) is 5.82 Å². The first-order valence-electron chi connectivity index (χ1n) is 5.41. The van der Waals surface area contributed by atoms with Crippen molar-refractivity contribution >= 4 is 40.8 Å². The Kier molecular flexibility index (Phi) is 4.48. The van der Waals surface area contributed by atoms with Gasteiger partial charge in [0.15, 0.2) is 0 Å². The highest BCUT2D eigenvalue weighted by molar-refractivity contribution is 6.49. The first kappa shape index (κ1) is 15.0. The summed E-state index contributed by atoms with van der Waals surface area (Å²) in [5.41, 5.74) is 0.411. The summed E-state index contributed by atoms with van der Waals surface area (Å²) in [6.07, 6.45) is -0.313. The molecule has 0 spiro atoms. The number of rotatable bonds is 3. The molecule has 20 heavy (non-hydrogen) atoms. The second kappa shape index (κ2) is 5.95. The first-order chi connectivity index (χ1) is 9.40. The fourth-order valence-electron chi connectivity index (χ4n) is 1.63. The van der Waals surface area contributed by atoms with E-state index in [1.54, 1.807) is 0 Å². The number of pyridine rings is 1. The lowest BCUT2D eigenvalue weighted by Crippen LogP contribution is -2.04. The number of benzene rings is 1. The SMILES string of the molecule is O=C(O)Cc1ccc(F)c(-c2ccc(Cl)c(Cl)c2Cl)n1. The summed E-state index contributed by atoms with van der Waals surface area (Å²) in [7, 11) is 0. The molecule has 1 aromatic heterocycles. The van der Waals surface area contributed by atoms with Crippen LogP contribution in [0.25, 0.3) is 11.3 Å². The molecule has 0 bridgehead atoms. The smallest absolute Gasteiger partial charge is 0.309 e. The largest absolute Gasteiger partial charge is 0.481 e. The molecule has 104 valence electrons. The topological polar surface area (TPSA) is 50.2 Å². The third-order valence-electron chi connectivity index (χ3n) is 2.53. The van der Waals surface area contributed by atoms with E-state index in [4.69, 9.17) is 39.9 Å². The van der Waals surface area contributed by atoms with Gasteiger partial charge in [0.05, 0.1) is 27.2 Å². The lowest BCUT2D eigenvalue weighted by molar-refractivity contribution is -0.136. The fourth-order valence-corrected chi connectivity index (χ4v) is 2.26. The maximum absolute atomic E-state index is 13.9. The van der Waals surface area contributed by atoms with Crippen LogP contribution >= 0.6 is 34.8 Å². The van der Waals surface area contributed by atoms with Gasteiger partial charge in [0.2, 0.25) is 0 Å². The molecule has 3 nitrogen and oxygen atoms in total. The number of carbonyl (C=O) groups is 1. The molecule has 0 unspecified atom stereocenters. The number of hydrogen-bond acceptors (Lipinski definition) is 2. The molecule has 2 aromatic rings. The van der Waals surface area contributed by atoms with Gasteiger partial charge in [-0.1, -0.05) is 34.8 Å². The molecule has 0 saturated carbocycles. The van der Waals surface area contributed by atoms with Crippen molar-refractivity contribution in [2.45, 2.75) is 6.42 Å². The molecule has 0 fully saturated rings. The quantitative estimate of drug-likeness (QED) is 0.842. The maximum atomic E-state index is 13.9. The van der Waals surface area contributed by atoms with E-state index in [1.165, 1.54) is 18.2 Å². The number of nitrogens with zero attached hydrogens (tertiary/aromatic N) is 1. The Bertz CT molecular complexity index is 692. The zero-order valence-electron chi connectivity index (χ0n) is 9.83. The van der Waals surface area contributed by atoms with E-state index in [1.807, 2.05) is 0 Å². The molecule has 1 N–H and O–H groups in total. The van der Waals surface area contributed by atoms with E-state index in [0.29, 0.717) is 0 Å². The van der Waals surface area contributed by atoms with Crippen molar-refractivity contribution in [1.29, 1.82) is 0 Å². The second-order valence-corrected chi connectivity index (χ2v) is 5.09. The maximum Gasteiger partial charge on any atom is 0.309 e. The third-order valence-corrected chi connectivity index (χ3v) is 3.82. The van der Waals surface area contributed by atoms with Gasteiger partial charge in [-0.3, -0.25) is 4.79 Å². The monoisotopic (exact) mass is 333 g/mol. The number of carboxylic acids is 1. The Morgan fingerprint density at radius 1 is 1.15 bits per heavy atom. The lowest BCUT2D eigenvalue weighted by Gasteiger charge is -2.09. The van der Waals surface area contributed by atoms with Crippen LogP contribution in [0.15, 0.2) is 24.3 Å². The molecule has 0 aliphatic heterocycles. The van der Waals surface area contributed by atoms with Crippen molar-refractivity contribution in [3.05, 3.63) is 50.8 Å². The predicted octanol–water partition coefficient (Wildman–Crippen LogP) is 4.48. The molecular weight excluding hydrogens is 328 g/mol. The minimum atomic E-state index is -1.06. The Labute approximate surface area is 128 Å². The van der Waals surface area contributed by atoms with Crippen LogP contribution in [0.3, 0.4) is 0 Å². The predicted molar refractivity (Wildman–Crippen MR) is 76.0 cm³/mol. The summed E-state index contributed by atoms with van der Waals surface area (Å²) in [6.45, 7) is 0. The second-order valence-electron chi connectivity index (χ2n) is 3.93. The highest BCUT2D eigenvalue weighted by Gasteiger charge is 2.16. The standard InChI is InChI=1S/C13H7Cl3FNO2/c14-8-3-2-7(11(15)12(8)16)13-9(17)4-1-6(18-13)5-10(19)20/h1-4H,5H2,(H,19,20). The van der Waals surface area contributed by atoms with Crippen molar-refractivity contribution in [2.24, 2.45) is 0 Å². The number of aromatic nitrogens is 1. The summed E-state index contributed by atoms with van der Waals surface area (Å²) < 4.78 is 13.9. The van der Waals surface area contributed by atoms with Crippen molar-refractivity contribution < 1.29 is 14.3 Å². The van der Waals surface area contributed by atoms with Gasteiger partial charge in [-0.15, -0.1) is 0 Å². The van der Waals surface area contributed by atoms with Crippen LogP contribution in [0.4, 0.5) is 4.39 Å². The number of carboxylic acid groups (broad SMARTS) is 1.